The van der Waals surface area contributed by atoms with Crippen LogP contribution in [0.4, 0.5) is 5.13 Å². The Bertz CT molecular complexity index is 635. The van der Waals surface area contributed by atoms with E-state index < -0.39 is 8.32 Å². The predicted molar refractivity (Wildman–Crippen MR) is 95.0 cm³/mol. The van der Waals surface area contributed by atoms with E-state index in [0.29, 0.717) is 16.8 Å². The third-order valence-electron chi connectivity index (χ3n) is 4.03. The van der Waals surface area contributed by atoms with E-state index in [1.54, 1.807) is 6.20 Å². The minimum absolute atomic E-state index is 0.210. The molecule has 0 aliphatic rings. The summed E-state index contributed by atoms with van der Waals surface area (Å²) >= 11 is 1.33. The Morgan fingerprint density at radius 1 is 1.27 bits per heavy atom. The van der Waals surface area contributed by atoms with Gasteiger partial charge in [-0.25, -0.2) is 4.98 Å². The Morgan fingerprint density at radius 3 is 2.59 bits per heavy atom. The number of nitrogen functional groups attached to an aromatic ring is 1. The molecule has 0 aliphatic carbocycles. The molecule has 22 heavy (non-hydrogen) atoms. The number of ether oxygens (including phenoxy) is 1. The first-order valence-electron chi connectivity index (χ1n) is 7.29. The van der Waals surface area contributed by atoms with Gasteiger partial charge >= 0.3 is 0 Å². The van der Waals surface area contributed by atoms with Crippen molar-refractivity contribution >= 4 is 24.8 Å². The average Bonchev–Trinajstić information content (AvgIpc) is 2.81. The number of aromatic nitrogens is 1. The second-order valence-corrected chi connectivity index (χ2v) is 12.7. The zero-order chi connectivity index (χ0) is 16.4. The largest absolute Gasteiger partial charge is 0.445 e. The number of benzene rings is 1. The quantitative estimate of drug-likeness (QED) is 0.777. The number of hydrogen-bond acceptors (Lipinski definition) is 5. The molecule has 0 radical (unpaired) electrons. The van der Waals surface area contributed by atoms with Gasteiger partial charge in [0.25, 0.3) is 0 Å². The first kappa shape index (κ1) is 17.0. The fourth-order valence-corrected chi connectivity index (χ4v) is 3.13. The fraction of sp³-hybridized carbons (Fsp3) is 0.438. The summed E-state index contributed by atoms with van der Waals surface area (Å²) < 4.78 is 12.0. The van der Waals surface area contributed by atoms with Crippen LogP contribution >= 0.6 is 11.3 Å². The normalized spacial score (nSPS) is 12.4. The molecule has 2 rings (SSSR count). The zero-order valence-corrected chi connectivity index (χ0v) is 15.7. The minimum atomic E-state index is -1.74. The molecule has 0 fully saturated rings. The molecule has 1 heterocycles. The lowest BCUT2D eigenvalue weighted by atomic mass is 10.2. The zero-order valence-electron chi connectivity index (χ0n) is 13.8. The Morgan fingerprint density at radius 2 is 2.00 bits per heavy atom. The maximum atomic E-state index is 6.24. The van der Waals surface area contributed by atoms with Crippen molar-refractivity contribution in [3.05, 3.63) is 36.0 Å². The van der Waals surface area contributed by atoms with Gasteiger partial charge in [0, 0.05) is 0 Å². The second kappa shape index (κ2) is 6.40. The maximum absolute atomic E-state index is 6.24. The van der Waals surface area contributed by atoms with Crippen molar-refractivity contribution in [2.45, 2.75) is 45.5 Å². The van der Waals surface area contributed by atoms with Crippen LogP contribution in [0.2, 0.25) is 18.1 Å². The van der Waals surface area contributed by atoms with E-state index in [1.807, 2.05) is 18.2 Å². The molecule has 0 aliphatic heterocycles. The van der Waals surface area contributed by atoms with E-state index in [2.05, 4.69) is 44.9 Å². The lowest BCUT2D eigenvalue weighted by molar-refractivity contribution is 0.276. The molecule has 0 amide bonds. The number of hydrogen-bond donors (Lipinski definition) is 1. The highest BCUT2D eigenvalue weighted by atomic mass is 32.1. The van der Waals surface area contributed by atoms with Crippen molar-refractivity contribution in [3.8, 4) is 10.8 Å². The smallest absolute Gasteiger partial charge is 0.202 e. The molecule has 0 bridgehead atoms. The van der Waals surface area contributed by atoms with Crippen LogP contribution in [0.5, 0.6) is 10.8 Å². The van der Waals surface area contributed by atoms with Gasteiger partial charge in [0.1, 0.15) is 5.75 Å². The van der Waals surface area contributed by atoms with Crippen LogP contribution in [0.25, 0.3) is 0 Å². The van der Waals surface area contributed by atoms with Crippen LogP contribution in [0.1, 0.15) is 26.3 Å². The summed E-state index contributed by atoms with van der Waals surface area (Å²) in [6.45, 7) is 11.9. The molecule has 1 aromatic carbocycles. The van der Waals surface area contributed by atoms with E-state index in [9.17, 15) is 0 Å². The van der Waals surface area contributed by atoms with Gasteiger partial charge in [-0.1, -0.05) is 44.2 Å². The Balaban J connectivity index is 2.03. The molecule has 0 unspecified atom stereocenters. The highest BCUT2D eigenvalue weighted by Crippen LogP contribution is 2.37. The van der Waals surface area contributed by atoms with Crippen molar-refractivity contribution in [2.24, 2.45) is 0 Å². The van der Waals surface area contributed by atoms with Crippen molar-refractivity contribution in [3.63, 3.8) is 0 Å². The molecule has 0 atom stereocenters. The summed E-state index contributed by atoms with van der Waals surface area (Å²) in [6.07, 6.45) is 1.64. The molecular weight excluding hydrogens is 312 g/mol. The molecule has 0 spiro atoms. The fourth-order valence-electron chi connectivity index (χ4n) is 1.61. The van der Waals surface area contributed by atoms with Gasteiger partial charge in [0.15, 0.2) is 13.4 Å². The molecule has 0 saturated carbocycles. The standard InChI is InChI=1S/C16H24N2O2SSi/c1-16(2,3)22(4,5)19-11-12-7-6-8-13(9-12)20-14-10-18-15(17)21-14/h6-10H,11H2,1-5H3,(H2,17,18). The van der Waals surface area contributed by atoms with E-state index in [-0.39, 0.29) is 5.04 Å². The SMILES string of the molecule is CC(C)(C)[Si](C)(C)OCc1cccc(Oc2cnc(N)s2)c1. The molecule has 1 aromatic heterocycles. The van der Waals surface area contributed by atoms with Gasteiger partial charge in [-0.2, -0.15) is 0 Å². The molecule has 2 N–H and O–H groups in total. The van der Waals surface area contributed by atoms with Crippen molar-refractivity contribution in [1.82, 2.24) is 4.98 Å². The first-order chi connectivity index (χ1) is 10.2. The summed E-state index contributed by atoms with van der Waals surface area (Å²) in [4.78, 5) is 3.98. The Kier molecular flexibility index (Phi) is 4.94. The molecule has 0 saturated heterocycles. The van der Waals surface area contributed by atoms with Gasteiger partial charge in [-0.3, -0.25) is 0 Å². The Hall–Kier alpha value is -1.37. The van der Waals surface area contributed by atoms with E-state index in [4.69, 9.17) is 14.9 Å². The number of rotatable bonds is 5. The van der Waals surface area contributed by atoms with Crippen LogP contribution in [-0.4, -0.2) is 13.3 Å². The summed E-state index contributed by atoms with van der Waals surface area (Å²) in [5, 5.41) is 1.41. The first-order valence-corrected chi connectivity index (χ1v) is 11.0. The predicted octanol–water partition coefficient (Wildman–Crippen LogP) is 5.04. The summed E-state index contributed by atoms with van der Waals surface area (Å²) in [6, 6.07) is 7.96. The van der Waals surface area contributed by atoms with Gasteiger partial charge in [-0.15, -0.1) is 0 Å². The van der Waals surface area contributed by atoms with Crippen molar-refractivity contribution in [2.75, 3.05) is 5.73 Å². The number of nitrogens with zero attached hydrogens (tertiary/aromatic N) is 1. The Labute approximate surface area is 137 Å². The second-order valence-electron chi connectivity index (χ2n) is 6.82. The topological polar surface area (TPSA) is 57.4 Å². The average molecular weight is 337 g/mol. The van der Waals surface area contributed by atoms with Crippen LogP contribution in [0.3, 0.4) is 0 Å². The summed E-state index contributed by atoms with van der Waals surface area (Å²) in [7, 11) is -1.74. The van der Waals surface area contributed by atoms with Gasteiger partial charge in [-0.05, 0) is 35.8 Å². The molecular formula is C16H24N2O2SSi. The third kappa shape index (κ3) is 4.31. The lowest BCUT2D eigenvalue weighted by Crippen LogP contribution is -2.40. The highest BCUT2D eigenvalue weighted by Gasteiger charge is 2.36. The van der Waals surface area contributed by atoms with Crippen LogP contribution in [-0.2, 0) is 11.0 Å². The number of anilines is 1. The van der Waals surface area contributed by atoms with Crippen LogP contribution < -0.4 is 10.5 Å². The number of nitrogens with two attached hydrogens (primary N) is 1. The highest BCUT2D eigenvalue weighted by molar-refractivity contribution is 7.17. The monoisotopic (exact) mass is 336 g/mol. The van der Waals surface area contributed by atoms with E-state index in [0.717, 1.165) is 11.3 Å². The van der Waals surface area contributed by atoms with Crippen molar-refractivity contribution < 1.29 is 9.16 Å². The lowest BCUT2D eigenvalue weighted by Gasteiger charge is -2.36. The molecule has 120 valence electrons. The summed E-state index contributed by atoms with van der Waals surface area (Å²) in [5.41, 5.74) is 6.72. The molecule has 2 aromatic rings. The van der Waals surface area contributed by atoms with Crippen LogP contribution in [0, 0.1) is 0 Å². The maximum Gasteiger partial charge on any atom is 0.202 e. The van der Waals surface area contributed by atoms with Gasteiger partial charge in [0.2, 0.25) is 5.06 Å². The number of thiazole rings is 1. The molecule has 4 nitrogen and oxygen atoms in total. The van der Waals surface area contributed by atoms with E-state index in [1.165, 1.54) is 11.3 Å². The van der Waals surface area contributed by atoms with E-state index >= 15 is 0 Å². The third-order valence-corrected chi connectivity index (χ3v) is 9.21. The summed E-state index contributed by atoms with van der Waals surface area (Å²) in [5.74, 6) is 0.778. The van der Waals surface area contributed by atoms with Gasteiger partial charge < -0.3 is 14.9 Å². The minimum Gasteiger partial charge on any atom is -0.445 e. The van der Waals surface area contributed by atoms with Crippen molar-refractivity contribution in [1.29, 1.82) is 0 Å². The molecule has 6 heteroatoms. The van der Waals surface area contributed by atoms with Crippen LogP contribution in [0.15, 0.2) is 30.5 Å². The van der Waals surface area contributed by atoms with Gasteiger partial charge in [0.05, 0.1) is 12.8 Å².